The smallest absolute Gasteiger partial charge is 0.770 e. The van der Waals surface area contributed by atoms with Crippen LogP contribution >= 0.6 is 18.2 Å². The van der Waals surface area contributed by atoms with Crippen LogP contribution in [0, 0.1) is 0 Å². The molecule has 94 valence electrons. The molecule has 0 aromatic carbocycles. The molecule has 2 atom stereocenters. The fourth-order valence-electron chi connectivity index (χ4n) is 0.248. The maximum Gasteiger partial charge on any atom is 1.00 e. The standard InChI is InChI=1S/C3H10NO4PS.Na.4H2O/c4-1-3(5)2-10-9(6,7)8;;;;;/h3,5H,1-2,4H2,(H2,6,7,8);;4*1H2/q;+1;;;;/p-1. The maximum atomic E-state index is 10.0. The Morgan fingerprint density at radius 3 is 1.87 bits per heavy atom. The first kappa shape index (κ1) is 36.0. The van der Waals surface area contributed by atoms with Crippen molar-refractivity contribution >= 4 is 18.2 Å². The van der Waals surface area contributed by atoms with Gasteiger partial charge in [-0.1, -0.05) is 11.4 Å². The number of aliphatic hydroxyl groups excluding tert-OH is 1. The van der Waals surface area contributed by atoms with Crippen molar-refractivity contribution in [1.29, 1.82) is 0 Å². The van der Waals surface area contributed by atoms with Gasteiger partial charge in [-0.15, -0.1) is 0 Å². The summed E-state index contributed by atoms with van der Waals surface area (Å²) >= 11 is 0.292. The molecule has 0 aliphatic rings. The van der Waals surface area contributed by atoms with Gasteiger partial charge in [0.05, 0.1) is 6.10 Å². The second-order valence-corrected chi connectivity index (χ2v) is 5.34. The summed E-state index contributed by atoms with van der Waals surface area (Å²) < 4.78 is 10.0. The molecule has 0 saturated heterocycles. The number of aliphatic hydroxyl groups is 1. The summed E-state index contributed by atoms with van der Waals surface area (Å²) in [6.45, 7) is -4.29. The molecule has 0 aliphatic carbocycles. The first-order valence-electron chi connectivity index (χ1n) is 2.52. The summed E-state index contributed by atoms with van der Waals surface area (Å²) in [5, 5.41) is 8.70. The van der Waals surface area contributed by atoms with Crippen LogP contribution < -0.4 is 40.2 Å². The molecule has 12 heteroatoms. The molecule has 0 amide bonds. The van der Waals surface area contributed by atoms with Gasteiger partial charge in [0.15, 0.2) is 6.80 Å². The Morgan fingerprint density at radius 2 is 1.67 bits per heavy atom. The second kappa shape index (κ2) is 17.6. The van der Waals surface area contributed by atoms with E-state index in [0.717, 1.165) is 0 Å². The van der Waals surface area contributed by atoms with Gasteiger partial charge in [0, 0.05) is 12.3 Å². The molecule has 0 heterocycles. The van der Waals surface area contributed by atoms with Crippen LogP contribution in [0.4, 0.5) is 0 Å². The van der Waals surface area contributed by atoms with E-state index in [4.69, 9.17) is 15.7 Å². The molecule has 0 aliphatic heterocycles. The van der Waals surface area contributed by atoms with E-state index >= 15 is 0 Å². The predicted octanol–water partition coefficient (Wildman–Crippen LogP) is -7.79. The molecule has 0 bridgehead atoms. The molecule has 0 fully saturated rings. The summed E-state index contributed by atoms with van der Waals surface area (Å²) in [6, 6.07) is 0. The minimum absolute atomic E-state index is 0. The van der Waals surface area contributed by atoms with Gasteiger partial charge in [-0.25, -0.2) is 0 Å². The van der Waals surface area contributed by atoms with Crippen molar-refractivity contribution in [1.82, 2.24) is 0 Å². The first-order valence-corrected chi connectivity index (χ1v) is 5.69. The fourth-order valence-corrected chi connectivity index (χ4v) is 1.83. The maximum absolute atomic E-state index is 10.0. The van der Waals surface area contributed by atoms with E-state index < -0.39 is 12.9 Å². The van der Waals surface area contributed by atoms with Crippen LogP contribution in [0.2, 0.25) is 0 Å². The topological polar surface area (TPSA) is 233 Å². The molecule has 12 N–H and O–H groups in total. The van der Waals surface area contributed by atoms with Crippen LogP contribution in [0.3, 0.4) is 0 Å². The van der Waals surface area contributed by atoms with Crippen molar-refractivity contribution < 1.29 is 70.9 Å². The van der Waals surface area contributed by atoms with Crippen LogP contribution in [0.1, 0.15) is 0 Å². The Balaban J connectivity index is -0.0000000405. The molecule has 0 aromatic rings. The quantitative estimate of drug-likeness (QED) is 0.334. The van der Waals surface area contributed by atoms with E-state index in [-0.39, 0.29) is 63.8 Å². The minimum Gasteiger partial charge on any atom is -0.770 e. The molecule has 2 unspecified atom stereocenters. The Hall–Kier alpha value is 1.26. The van der Waals surface area contributed by atoms with Crippen LogP contribution in [0.25, 0.3) is 0 Å². The van der Waals surface area contributed by atoms with E-state index in [1.807, 2.05) is 0 Å². The molecule has 15 heavy (non-hydrogen) atoms. The number of hydrogen-bond acceptors (Lipinski definition) is 5. The first-order chi connectivity index (χ1) is 4.45. The van der Waals surface area contributed by atoms with Crippen LogP contribution in [0.5, 0.6) is 0 Å². The fraction of sp³-hybridized carbons (Fsp3) is 1.00. The average Bonchev–Trinajstić information content (AvgIpc) is 1.81. The molecule has 0 spiro atoms. The van der Waals surface area contributed by atoms with Gasteiger partial charge in [-0.2, -0.15) is 0 Å². The Morgan fingerprint density at radius 1 is 1.33 bits per heavy atom. The summed E-state index contributed by atoms with van der Waals surface area (Å²) in [4.78, 5) is 18.2. The van der Waals surface area contributed by atoms with Gasteiger partial charge in [0.25, 0.3) is 0 Å². The van der Waals surface area contributed by atoms with Crippen molar-refractivity contribution in [3.05, 3.63) is 0 Å². The van der Waals surface area contributed by atoms with Crippen LogP contribution in [-0.2, 0) is 4.57 Å². The third-order valence-corrected chi connectivity index (χ3v) is 2.99. The van der Waals surface area contributed by atoms with E-state index in [0.29, 0.717) is 11.4 Å². The second-order valence-electron chi connectivity index (χ2n) is 1.65. The summed E-state index contributed by atoms with van der Waals surface area (Å²) in [5.74, 6) is -0.0895. The predicted molar refractivity (Wildman–Crippen MR) is 51.8 cm³/mol. The van der Waals surface area contributed by atoms with E-state index in [1.54, 1.807) is 0 Å². The van der Waals surface area contributed by atoms with Crippen molar-refractivity contribution in [2.75, 3.05) is 12.3 Å². The van der Waals surface area contributed by atoms with Gasteiger partial charge < -0.3 is 42.5 Å². The van der Waals surface area contributed by atoms with Gasteiger partial charge in [0.1, 0.15) is 0 Å². The summed E-state index contributed by atoms with van der Waals surface area (Å²) in [7, 11) is 0. The average molecular weight is 281 g/mol. The summed E-state index contributed by atoms with van der Waals surface area (Å²) in [6.07, 6.45) is -0.876. The molecule has 0 rings (SSSR count). The Bertz CT molecular complexity index is 146. The zero-order valence-corrected chi connectivity index (χ0v) is 11.8. The van der Waals surface area contributed by atoms with Crippen molar-refractivity contribution in [2.24, 2.45) is 5.73 Å². The molecular formula is C3H17NNaO8PS. The van der Waals surface area contributed by atoms with Gasteiger partial charge in [0.2, 0.25) is 0 Å². The van der Waals surface area contributed by atoms with Crippen molar-refractivity contribution in [2.45, 2.75) is 6.10 Å². The van der Waals surface area contributed by atoms with Crippen LogP contribution in [0.15, 0.2) is 0 Å². The molecule has 0 saturated carbocycles. The third-order valence-electron chi connectivity index (χ3n) is 0.702. The normalized spacial score (nSPS) is 13.3. The van der Waals surface area contributed by atoms with Gasteiger partial charge >= 0.3 is 29.6 Å². The third kappa shape index (κ3) is 31.3. The monoisotopic (exact) mass is 281 g/mol. The van der Waals surface area contributed by atoms with Gasteiger partial charge in [-0.05, 0) is 0 Å². The molecule has 9 nitrogen and oxygen atoms in total. The largest absolute Gasteiger partial charge is 1.00 e. The number of nitrogens with two attached hydrogens (primary N) is 1. The SMILES string of the molecule is NCC(O)CSP(=O)([O-])O.O.O.O.O.[Na+]. The number of hydrogen-bond donors (Lipinski definition) is 3. The van der Waals surface area contributed by atoms with Crippen molar-refractivity contribution in [3.8, 4) is 0 Å². The van der Waals surface area contributed by atoms with E-state index in [9.17, 15) is 9.46 Å². The Kier molecular flexibility index (Phi) is 42.3. The Labute approximate surface area is 113 Å². The number of rotatable bonds is 4. The molecular weight excluding hydrogens is 264 g/mol. The summed E-state index contributed by atoms with van der Waals surface area (Å²) in [5.41, 5.74) is 4.96. The zero-order chi connectivity index (χ0) is 8.20. The molecule has 0 aromatic heterocycles. The minimum atomic E-state index is -4.28. The van der Waals surface area contributed by atoms with E-state index in [1.165, 1.54) is 0 Å². The zero-order valence-electron chi connectivity index (χ0n) is 8.14. The van der Waals surface area contributed by atoms with Crippen LogP contribution in [-0.4, -0.2) is 50.3 Å². The van der Waals surface area contributed by atoms with Crippen molar-refractivity contribution in [3.63, 3.8) is 0 Å². The van der Waals surface area contributed by atoms with Gasteiger partial charge in [-0.3, -0.25) is 4.57 Å². The molecule has 0 radical (unpaired) electrons. The van der Waals surface area contributed by atoms with E-state index in [2.05, 4.69) is 0 Å².